The Balaban J connectivity index is 1.53. The van der Waals surface area contributed by atoms with Crippen LogP contribution in [0, 0.1) is 11.8 Å². The summed E-state index contributed by atoms with van der Waals surface area (Å²) in [5, 5.41) is 0. The lowest BCUT2D eigenvalue weighted by Crippen LogP contribution is -2.29. The summed E-state index contributed by atoms with van der Waals surface area (Å²) in [4.78, 5) is 18.8. The second-order valence-corrected chi connectivity index (χ2v) is 6.45. The van der Waals surface area contributed by atoms with E-state index < -0.39 is 0 Å². The molecular formula is C17H25N3O. The number of amides is 1. The maximum absolute atomic E-state index is 12.4. The number of carbonyl (C=O) groups excluding carboxylic acids is 1. The number of fused-ring (bicyclic) bond motifs is 1. The van der Waals surface area contributed by atoms with Gasteiger partial charge in [-0.15, -0.1) is 0 Å². The minimum Gasteiger partial charge on any atom is -0.342 e. The summed E-state index contributed by atoms with van der Waals surface area (Å²) in [6.07, 6.45) is 9.99. The van der Waals surface area contributed by atoms with Crippen molar-refractivity contribution >= 4 is 5.91 Å². The highest BCUT2D eigenvalue weighted by atomic mass is 16.2. The van der Waals surface area contributed by atoms with Gasteiger partial charge in [-0.3, -0.25) is 4.79 Å². The summed E-state index contributed by atoms with van der Waals surface area (Å²) in [7, 11) is 0. The third kappa shape index (κ3) is 3.04. The Hall–Kier alpha value is -1.58. The number of nitrogens with zero attached hydrogens (tertiary/aromatic N) is 3. The fourth-order valence-electron chi connectivity index (χ4n) is 3.72. The van der Waals surface area contributed by atoms with Gasteiger partial charge in [0.05, 0.1) is 0 Å². The van der Waals surface area contributed by atoms with E-state index in [4.69, 9.17) is 0 Å². The van der Waals surface area contributed by atoms with E-state index in [2.05, 4.69) is 34.4 Å². The molecule has 0 bridgehead atoms. The van der Waals surface area contributed by atoms with Gasteiger partial charge in [-0.1, -0.05) is 18.6 Å². The molecular weight excluding hydrogens is 262 g/mol. The predicted molar refractivity (Wildman–Crippen MR) is 82.8 cm³/mol. The largest absolute Gasteiger partial charge is 0.342 e. The minimum absolute atomic E-state index is 0.304. The van der Waals surface area contributed by atoms with Crippen molar-refractivity contribution < 1.29 is 4.79 Å². The maximum Gasteiger partial charge on any atom is 0.224 e. The Morgan fingerprint density at radius 3 is 3.00 bits per heavy atom. The van der Waals surface area contributed by atoms with Crippen molar-refractivity contribution in [1.82, 2.24) is 14.5 Å². The first kappa shape index (κ1) is 14.4. The summed E-state index contributed by atoms with van der Waals surface area (Å²) in [6, 6.07) is 0. The molecule has 2 heterocycles. The molecule has 0 unspecified atom stereocenters. The number of likely N-dealkylation sites (tertiary alicyclic amines) is 1. The number of carbonyl (C=O) groups is 1. The van der Waals surface area contributed by atoms with Crippen LogP contribution >= 0.6 is 0 Å². The molecule has 3 rings (SSSR count). The van der Waals surface area contributed by atoms with Gasteiger partial charge in [-0.05, 0) is 31.6 Å². The predicted octanol–water partition coefficient (Wildman–Crippen LogP) is 2.65. The highest BCUT2D eigenvalue weighted by molar-refractivity contribution is 5.76. The molecule has 0 saturated carbocycles. The van der Waals surface area contributed by atoms with Gasteiger partial charge in [0.25, 0.3) is 0 Å². The SMILES string of the molecule is CCc1nccn1CCC(=O)N1C[C@H]2CC=C(C)C[C@H]2C1. The maximum atomic E-state index is 12.4. The summed E-state index contributed by atoms with van der Waals surface area (Å²) >= 11 is 0. The highest BCUT2D eigenvalue weighted by Gasteiger charge is 2.35. The van der Waals surface area contributed by atoms with Crippen LogP contribution in [0.1, 0.15) is 38.9 Å². The van der Waals surface area contributed by atoms with Crippen molar-refractivity contribution in [3.05, 3.63) is 29.9 Å². The van der Waals surface area contributed by atoms with Crippen LogP contribution in [0.5, 0.6) is 0 Å². The van der Waals surface area contributed by atoms with Crippen LogP contribution in [-0.4, -0.2) is 33.4 Å². The van der Waals surface area contributed by atoms with Crippen LogP contribution in [0.2, 0.25) is 0 Å². The molecule has 4 nitrogen and oxygen atoms in total. The van der Waals surface area contributed by atoms with Crippen LogP contribution in [0.3, 0.4) is 0 Å². The molecule has 1 aliphatic heterocycles. The third-order valence-corrected chi connectivity index (χ3v) is 4.97. The molecule has 0 radical (unpaired) electrons. The topological polar surface area (TPSA) is 38.1 Å². The zero-order chi connectivity index (χ0) is 14.8. The van der Waals surface area contributed by atoms with Crippen molar-refractivity contribution in [3.8, 4) is 0 Å². The van der Waals surface area contributed by atoms with Gasteiger partial charge in [0.2, 0.25) is 5.91 Å². The molecule has 1 fully saturated rings. The molecule has 1 aromatic heterocycles. The second-order valence-electron chi connectivity index (χ2n) is 6.45. The van der Waals surface area contributed by atoms with Crippen LogP contribution in [-0.2, 0) is 17.8 Å². The Labute approximate surface area is 126 Å². The smallest absolute Gasteiger partial charge is 0.224 e. The molecule has 1 saturated heterocycles. The number of imidazole rings is 1. The van der Waals surface area contributed by atoms with Gasteiger partial charge in [-0.2, -0.15) is 0 Å². The molecule has 4 heteroatoms. The highest BCUT2D eigenvalue weighted by Crippen LogP contribution is 2.35. The lowest BCUT2D eigenvalue weighted by molar-refractivity contribution is -0.130. The number of hydrogen-bond donors (Lipinski definition) is 0. The molecule has 0 N–H and O–H groups in total. The Kier molecular flexibility index (Phi) is 4.13. The fourth-order valence-corrected chi connectivity index (χ4v) is 3.72. The van der Waals surface area contributed by atoms with Crippen LogP contribution in [0.4, 0.5) is 0 Å². The number of allylic oxidation sites excluding steroid dienone is 2. The normalized spacial score (nSPS) is 24.9. The van der Waals surface area contributed by atoms with E-state index in [0.717, 1.165) is 38.3 Å². The zero-order valence-electron chi connectivity index (χ0n) is 13.1. The molecule has 114 valence electrons. The lowest BCUT2D eigenvalue weighted by atomic mass is 9.83. The molecule has 1 aromatic rings. The molecule has 21 heavy (non-hydrogen) atoms. The molecule has 1 aliphatic carbocycles. The number of hydrogen-bond acceptors (Lipinski definition) is 2. The van der Waals surface area contributed by atoms with E-state index in [1.807, 2.05) is 12.4 Å². The molecule has 2 atom stereocenters. The van der Waals surface area contributed by atoms with Crippen molar-refractivity contribution in [2.45, 2.75) is 46.1 Å². The number of aromatic nitrogens is 2. The first-order valence-electron chi connectivity index (χ1n) is 8.10. The first-order valence-corrected chi connectivity index (χ1v) is 8.10. The van der Waals surface area contributed by atoms with Gasteiger partial charge in [-0.25, -0.2) is 4.98 Å². The van der Waals surface area contributed by atoms with Gasteiger partial charge in [0, 0.05) is 44.9 Å². The van der Waals surface area contributed by atoms with Crippen molar-refractivity contribution in [1.29, 1.82) is 0 Å². The van der Waals surface area contributed by atoms with E-state index in [-0.39, 0.29) is 0 Å². The fraction of sp³-hybridized carbons (Fsp3) is 0.647. The monoisotopic (exact) mass is 287 g/mol. The van der Waals surface area contributed by atoms with E-state index in [0.29, 0.717) is 24.2 Å². The third-order valence-electron chi connectivity index (χ3n) is 4.97. The summed E-state index contributed by atoms with van der Waals surface area (Å²) in [5.41, 5.74) is 1.50. The Bertz CT molecular complexity index is 546. The Morgan fingerprint density at radius 2 is 2.19 bits per heavy atom. The van der Waals surface area contributed by atoms with Gasteiger partial charge >= 0.3 is 0 Å². The summed E-state index contributed by atoms with van der Waals surface area (Å²) < 4.78 is 2.10. The lowest BCUT2D eigenvalue weighted by Gasteiger charge is -2.21. The number of aryl methyl sites for hydroxylation is 2. The van der Waals surface area contributed by atoms with E-state index in [1.165, 1.54) is 12.0 Å². The van der Waals surface area contributed by atoms with Crippen molar-refractivity contribution in [2.24, 2.45) is 11.8 Å². The number of rotatable bonds is 4. The summed E-state index contributed by atoms with van der Waals surface area (Å²) in [5.74, 6) is 2.76. The zero-order valence-corrected chi connectivity index (χ0v) is 13.1. The van der Waals surface area contributed by atoms with E-state index >= 15 is 0 Å². The first-order chi connectivity index (χ1) is 10.2. The quantitative estimate of drug-likeness (QED) is 0.799. The summed E-state index contributed by atoms with van der Waals surface area (Å²) in [6.45, 7) is 6.98. The van der Waals surface area contributed by atoms with Gasteiger partial charge in [0.1, 0.15) is 5.82 Å². The molecule has 2 aliphatic rings. The standard InChI is InChI=1S/C17H25N3O/c1-3-16-18-7-9-19(16)8-6-17(21)20-11-14-5-4-13(2)10-15(14)12-20/h4,7,9,14-15H,3,5-6,8,10-12H2,1-2H3/t14-,15+/m1/s1. The molecule has 0 spiro atoms. The molecule has 1 amide bonds. The van der Waals surface area contributed by atoms with Gasteiger partial charge < -0.3 is 9.47 Å². The average molecular weight is 287 g/mol. The van der Waals surface area contributed by atoms with Gasteiger partial charge in [0.15, 0.2) is 0 Å². The Morgan fingerprint density at radius 1 is 1.38 bits per heavy atom. The average Bonchev–Trinajstić information content (AvgIpc) is 3.10. The second kappa shape index (κ2) is 6.04. The minimum atomic E-state index is 0.304. The van der Waals surface area contributed by atoms with E-state index in [1.54, 1.807) is 0 Å². The van der Waals surface area contributed by atoms with Crippen molar-refractivity contribution in [3.63, 3.8) is 0 Å². The van der Waals surface area contributed by atoms with E-state index in [9.17, 15) is 4.79 Å². The van der Waals surface area contributed by atoms with Crippen LogP contribution in [0.15, 0.2) is 24.0 Å². The van der Waals surface area contributed by atoms with Crippen LogP contribution in [0.25, 0.3) is 0 Å². The van der Waals surface area contributed by atoms with Crippen LogP contribution < -0.4 is 0 Å². The van der Waals surface area contributed by atoms with Crippen molar-refractivity contribution in [2.75, 3.05) is 13.1 Å². The molecule has 0 aromatic carbocycles.